The van der Waals surface area contributed by atoms with Gasteiger partial charge in [0.15, 0.2) is 0 Å². The lowest BCUT2D eigenvalue weighted by molar-refractivity contribution is -0.132. The van der Waals surface area contributed by atoms with Gasteiger partial charge in [-0.15, -0.1) is 11.8 Å². The van der Waals surface area contributed by atoms with Crippen molar-refractivity contribution in [1.82, 2.24) is 9.88 Å². The molecule has 2 aromatic carbocycles. The third-order valence-electron chi connectivity index (χ3n) is 5.38. The van der Waals surface area contributed by atoms with E-state index in [0.717, 1.165) is 28.4 Å². The maximum absolute atomic E-state index is 13.0. The summed E-state index contributed by atoms with van der Waals surface area (Å²) in [5.41, 5.74) is 3.42. The van der Waals surface area contributed by atoms with E-state index in [9.17, 15) is 9.18 Å². The first-order valence-electron chi connectivity index (χ1n) is 10.2. The van der Waals surface area contributed by atoms with E-state index >= 15 is 0 Å². The summed E-state index contributed by atoms with van der Waals surface area (Å²) in [4.78, 5) is 20.1. The molecule has 3 aromatic rings. The second-order valence-electron chi connectivity index (χ2n) is 7.61. The standard InChI is InChI=1S/C23H25FN2O2S2/c1-15-3-4-16(2)22-21(15)25-23(30-22)28-18-9-12-26(13-10-18)20(27)11-14-29-19-7-5-17(24)6-8-19/h3-8,18H,9-14H2,1-2H3. The molecule has 7 heteroatoms. The summed E-state index contributed by atoms with van der Waals surface area (Å²) in [6, 6.07) is 10.6. The molecule has 0 atom stereocenters. The van der Waals surface area contributed by atoms with Crippen LogP contribution in [0.15, 0.2) is 41.3 Å². The summed E-state index contributed by atoms with van der Waals surface area (Å²) in [6.45, 7) is 5.60. The van der Waals surface area contributed by atoms with Gasteiger partial charge in [0.1, 0.15) is 11.9 Å². The number of thiazole rings is 1. The van der Waals surface area contributed by atoms with Crippen LogP contribution in [0.5, 0.6) is 5.19 Å². The largest absolute Gasteiger partial charge is 0.467 e. The molecule has 1 aliphatic heterocycles. The Balaban J connectivity index is 1.24. The van der Waals surface area contributed by atoms with E-state index in [1.165, 1.54) is 28.0 Å². The number of aryl methyl sites for hydroxylation is 2. The minimum absolute atomic E-state index is 0.101. The van der Waals surface area contributed by atoms with Gasteiger partial charge in [-0.3, -0.25) is 4.79 Å². The molecule has 0 spiro atoms. The Bertz CT molecular complexity index is 989. The molecule has 0 unspecified atom stereocenters. The van der Waals surface area contributed by atoms with Crippen molar-refractivity contribution in [1.29, 1.82) is 0 Å². The number of amides is 1. The fourth-order valence-electron chi connectivity index (χ4n) is 3.60. The minimum Gasteiger partial charge on any atom is -0.467 e. The van der Waals surface area contributed by atoms with E-state index < -0.39 is 0 Å². The van der Waals surface area contributed by atoms with Crippen molar-refractivity contribution in [3.8, 4) is 5.19 Å². The maximum atomic E-state index is 13.0. The average Bonchev–Trinajstić information content (AvgIpc) is 3.18. The van der Waals surface area contributed by atoms with E-state index in [4.69, 9.17) is 4.74 Å². The van der Waals surface area contributed by atoms with Crippen molar-refractivity contribution in [3.05, 3.63) is 53.3 Å². The van der Waals surface area contributed by atoms with Crippen molar-refractivity contribution in [2.24, 2.45) is 0 Å². The number of hydrogen-bond acceptors (Lipinski definition) is 5. The zero-order chi connectivity index (χ0) is 21.1. The number of nitrogens with zero attached hydrogens (tertiary/aromatic N) is 2. The molecule has 1 saturated heterocycles. The van der Waals surface area contributed by atoms with E-state index in [2.05, 4.69) is 31.0 Å². The molecule has 4 nitrogen and oxygen atoms in total. The highest BCUT2D eigenvalue weighted by Gasteiger charge is 2.24. The SMILES string of the molecule is Cc1ccc(C)c2sc(OC3CCN(C(=O)CCSc4ccc(F)cc4)CC3)nc12. The molecular formula is C23H25FN2O2S2. The molecule has 0 aliphatic carbocycles. The maximum Gasteiger partial charge on any atom is 0.274 e. The second-order valence-corrected chi connectivity index (χ2v) is 9.74. The Morgan fingerprint density at radius 1 is 1.17 bits per heavy atom. The zero-order valence-corrected chi connectivity index (χ0v) is 18.8. The van der Waals surface area contributed by atoms with Crippen molar-refractivity contribution < 1.29 is 13.9 Å². The van der Waals surface area contributed by atoms with Crippen molar-refractivity contribution in [3.63, 3.8) is 0 Å². The van der Waals surface area contributed by atoms with Gasteiger partial charge in [-0.05, 0) is 49.2 Å². The Morgan fingerprint density at radius 3 is 2.57 bits per heavy atom. The van der Waals surface area contributed by atoms with E-state index in [0.29, 0.717) is 25.3 Å². The number of ether oxygens (including phenoxy) is 1. The molecule has 1 fully saturated rings. The zero-order valence-electron chi connectivity index (χ0n) is 17.2. The average molecular weight is 445 g/mol. The molecule has 1 amide bonds. The number of aromatic nitrogens is 1. The highest BCUT2D eigenvalue weighted by atomic mass is 32.2. The number of hydrogen-bond donors (Lipinski definition) is 0. The van der Waals surface area contributed by atoms with Crippen LogP contribution in [0.2, 0.25) is 0 Å². The molecule has 30 heavy (non-hydrogen) atoms. The molecule has 1 aromatic heterocycles. The highest BCUT2D eigenvalue weighted by molar-refractivity contribution is 7.99. The van der Waals surface area contributed by atoms with Crippen LogP contribution in [0.1, 0.15) is 30.4 Å². The van der Waals surface area contributed by atoms with Crippen LogP contribution in [-0.4, -0.2) is 40.7 Å². The van der Waals surface area contributed by atoms with Crippen LogP contribution in [0.4, 0.5) is 4.39 Å². The lowest BCUT2D eigenvalue weighted by Gasteiger charge is -2.31. The number of carbonyl (C=O) groups excluding carboxylic acids is 1. The van der Waals surface area contributed by atoms with Crippen LogP contribution in [0, 0.1) is 19.7 Å². The molecule has 0 N–H and O–H groups in total. The Kier molecular flexibility index (Phi) is 6.58. The van der Waals surface area contributed by atoms with Gasteiger partial charge in [0.05, 0.1) is 10.2 Å². The van der Waals surface area contributed by atoms with Crippen molar-refractivity contribution in [2.45, 2.75) is 44.1 Å². The molecule has 0 saturated carbocycles. The summed E-state index contributed by atoms with van der Waals surface area (Å²) >= 11 is 3.19. The number of rotatable bonds is 6. The molecule has 2 heterocycles. The van der Waals surface area contributed by atoms with Gasteiger partial charge >= 0.3 is 0 Å². The minimum atomic E-state index is -0.239. The molecule has 1 aliphatic rings. The number of thioether (sulfide) groups is 1. The number of piperidine rings is 1. The lowest BCUT2D eigenvalue weighted by Crippen LogP contribution is -2.41. The van der Waals surface area contributed by atoms with E-state index in [1.54, 1.807) is 35.2 Å². The molecule has 0 radical (unpaired) electrons. The van der Waals surface area contributed by atoms with Crippen LogP contribution in [0.3, 0.4) is 0 Å². The molecule has 4 rings (SSSR count). The van der Waals surface area contributed by atoms with E-state index in [-0.39, 0.29) is 17.8 Å². The molecular weight excluding hydrogens is 419 g/mol. The number of likely N-dealkylation sites (tertiary alicyclic amines) is 1. The van der Waals surface area contributed by atoms with Gasteiger partial charge in [0.25, 0.3) is 5.19 Å². The Hall–Kier alpha value is -2.12. The monoisotopic (exact) mass is 444 g/mol. The predicted octanol–water partition coefficient (Wildman–Crippen LogP) is 5.60. The molecule has 158 valence electrons. The first kappa shape index (κ1) is 21.1. The summed E-state index contributed by atoms with van der Waals surface area (Å²) in [7, 11) is 0. The second kappa shape index (κ2) is 9.35. The quantitative estimate of drug-likeness (QED) is 0.464. The number of benzene rings is 2. The number of halogens is 1. The topological polar surface area (TPSA) is 42.4 Å². The summed E-state index contributed by atoms with van der Waals surface area (Å²) in [6.07, 6.45) is 2.24. The fourth-order valence-corrected chi connectivity index (χ4v) is 5.47. The van der Waals surface area contributed by atoms with Crippen LogP contribution in [-0.2, 0) is 4.79 Å². The Labute approximate surface area is 184 Å². The van der Waals surface area contributed by atoms with Crippen molar-refractivity contribution >= 4 is 39.2 Å². The third-order valence-corrected chi connectivity index (χ3v) is 7.48. The summed E-state index contributed by atoms with van der Waals surface area (Å²) in [5, 5.41) is 0.725. The smallest absolute Gasteiger partial charge is 0.274 e. The first-order valence-corrected chi connectivity index (χ1v) is 12.0. The normalized spacial score (nSPS) is 15.0. The number of fused-ring (bicyclic) bond motifs is 1. The van der Waals surface area contributed by atoms with Gasteiger partial charge in [-0.25, -0.2) is 9.37 Å². The van der Waals surface area contributed by atoms with Crippen LogP contribution < -0.4 is 4.74 Å². The predicted molar refractivity (Wildman–Crippen MR) is 121 cm³/mol. The lowest BCUT2D eigenvalue weighted by atomic mass is 10.1. The first-order chi connectivity index (χ1) is 14.5. The Morgan fingerprint density at radius 2 is 1.87 bits per heavy atom. The summed E-state index contributed by atoms with van der Waals surface area (Å²) < 4.78 is 20.3. The van der Waals surface area contributed by atoms with Crippen LogP contribution >= 0.6 is 23.1 Å². The summed E-state index contributed by atoms with van der Waals surface area (Å²) in [5.74, 6) is 0.636. The van der Waals surface area contributed by atoms with Gasteiger partial charge in [-0.1, -0.05) is 23.5 Å². The fraction of sp³-hybridized carbons (Fsp3) is 0.391. The van der Waals surface area contributed by atoms with Crippen LogP contribution in [0.25, 0.3) is 10.2 Å². The van der Waals surface area contributed by atoms with Gasteiger partial charge in [-0.2, -0.15) is 0 Å². The van der Waals surface area contributed by atoms with Gasteiger partial charge in [0, 0.05) is 43.0 Å². The van der Waals surface area contributed by atoms with Gasteiger partial charge < -0.3 is 9.64 Å². The van der Waals surface area contributed by atoms with Crippen molar-refractivity contribution in [2.75, 3.05) is 18.8 Å². The third kappa shape index (κ3) is 4.95. The number of carbonyl (C=O) groups is 1. The highest BCUT2D eigenvalue weighted by Crippen LogP contribution is 2.33. The van der Waals surface area contributed by atoms with Gasteiger partial charge in [0.2, 0.25) is 5.91 Å². The molecule has 0 bridgehead atoms. The van der Waals surface area contributed by atoms with E-state index in [1.807, 2.05) is 4.90 Å².